The third-order valence-electron chi connectivity index (χ3n) is 5.25. The average molecular weight is 389 g/mol. The molecule has 1 saturated carbocycles. The van der Waals surface area contributed by atoms with Crippen molar-refractivity contribution < 1.29 is 17.7 Å². The molecule has 0 unspecified atom stereocenters. The predicted molar refractivity (Wildman–Crippen MR) is 97.9 cm³/mol. The van der Waals surface area contributed by atoms with Crippen molar-refractivity contribution in [3.8, 4) is 0 Å². The van der Waals surface area contributed by atoms with E-state index in [1.54, 1.807) is 18.2 Å². The number of Topliss-reactive ketones (excluding diaryl/α,β-unsaturated/α-hetero) is 1. The van der Waals surface area contributed by atoms with E-state index in [9.17, 15) is 13.2 Å². The molecule has 1 atom stereocenters. The van der Waals surface area contributed by atoms with Gasteiger partial charge in [-0.3, -0.25) is 4.79 Å². The number of hydrogen-bond donors (Lipinski definition) is 0. The van der Waals surface area contributed by atoms with Gasteiger partial charge in [0.1, 0.15) is 0 Å². The molecule has 1 aromatic carbocycles. The predicted octanol–water partition coefficient (Wildman–Crippen LogP) is 2.79. The number of ketones is 1. The summed E-state index contributed by atoms with van der Waals surface area (Å²) in [6, 6.07) is 6.25. The maximum atomic E-state index is 13.0. The highest BCUT2D eigenvalue weighted by molar-refractivity contribution is 7.89. The van der Waals surface area contributed by atoms with Crippen molar-refractivity contribution in [3.63, 3.8) is 0 Å². The highest BCUT2D eigenvalue weighted by Gasteiger charge is 2.33. The first-order valence-electron chi connectivity index (χ1n) is 9.37. The third kappa shape index (κ3) is 3.96. The van der Waals surface area contributed by atoms with Crippen LogP contribution in [0.2, 0.25) is 0 Å². The van der Waals surface area contributed by atoms with Gasteiger partial charge in [0.2, 0.25) is 15.9 Å². The summed E-state index contributed by atoms with van der Waals surface area (Å²) < 4.78 is 32.9. The zero-order chi connectivity index (χ0) is 19.0. The second kappa shape index (κ2) is 7.16. The number of piperidine rings is 1. The summed E-state index contributed by atoms with van der Waals surface area (Å²) in [5.74, 6) is 1.83. The van der Waals surface area contributed by atoms with Crippen LogP contribution in [-0.4, -0.2) is 41.7 Å². The van der Waals surface area contributed by atoms with Crippen molar-refractivity contribution in [3.05, 3.63) is 41.5 Å². The molecule has 1 aromatic heterocycles. The Kier molecular flexibility index (Phi) is 4.86. The van der Waals surface area contributed by atoms with E-state index in [0.29, 0.717) is 36.9 Å². The molecule has 2 aliphatic rings. The Balaban J connectivity index is 1.47. The molecular weight excluding hydrogens is 366 g/mol. The van der Waals surface area contributed by atoms with Gasteiger partial charge in [0, 0.05) is 31.0 Å². The monoisotopic (exact) mass is 389 g/mol. The summed E-state index contributed by atoms with van der Waals surface area (Å²) in [5.41, 5.74) is 0.406. The van der Waals surface area contributed by atoms with Crippen LogP contribution in [-0.2, 0) is 16.4 Å². The highest BCUT2D eigenvalue weighted by Crippen LogP contribution is 2.38. The number of rotatable bonds is 6. The Morgan fingerprint density at radius 3 is 2.85 bits per heavy atom. The second-order valence-corrected chi connectivity index (χ2v) is 9.42. The van der Waals surface area contributed by atoms with Crippen molar-refractivity contribution in [2.75, 3.05) is 13.1 Å². The maximum Gasteiger partial charge on any atom is 0.243 e. The fourth-order valence-electron chi connectivity index (χ4n) is 3.54. The van der Waals surface area contributed by atoms with Gasteiger partial charge < -0.3 is 4.52 Å². The van der Waals surface area contributed by atoms with E-state index >= 15 is 0 Å². The Morgan fingerprint density at radius 1 is 1.30 bits per heavy atom. The number of carbonyl (C=O) groups excluding carboxylic acids is 1. The van der Waals surface area contributed by atoms with Crippen molar-refractivity contribution in [2.24, 2.45) is 5.92 Å². The lowest BCUT2D eigenvalue weighted by Crippen LogP contribution is -2.40. The third-order valence-corrected chi connectivity index (χ3v) is 7.11. The fourth-order valence-corrected chi connectivity index (χ4v) is 5.14. The molecule has 7 nitrogen and oxygen atoms in total. The van der Waals surface area contributed by atoms with Gasteiger partial charge in [-0.2, -0.15) is 9.29 Å². The lowest BCUT2D eigenvalue weighted by Gasteiger charge is -2.31. The van der Waals surface area contributed by atoms with Gasteiger partial charge in [-0.25, -0.2) is 8.42 Å². The first-order valence-corrected chi connectivity index (χ1v) is 10.8. The van der Waals surface area contributed by atoms with Crippen LogP contribution in [0, 0.1) is 5.92 Å². The molecule has 2 aromatic rings. The molecule has 144 valence electrons. The van der Waals surface area contributed by atoms with E-state index in [-0.39, 0.29) is 16.6 Å². The van der Waals surface area contributed by atoms with Gasteiger partial charge >= 0.3 is 0 Å². The lowest BCUT2D eigenvalue weighted by atomic mass is 9.96. The second-order valence-electron chi connectivity index (χ2n) is 7.48. The Bertz CT molecular complexity index is 949. The van der Waals surface area contributed by atoms with Crippen LogP contribution in [0.15, 0.2) is 33.7 Å². The molecule has 0 N–H and O–H groups in total. The molecule has 2 heterocycles. The zero-order valence-electron chi connectivity index (χ0n) is 15.3. The number of carbonyl (C=O) groups is 1. The van der Waals surface area contributed by atoms with Gasteiger partial charge in [-0.05, 0) is 50.7 Å². The van der Waals surface area contributed by atoms with E-state index in [4.69, 9.17) is 4.52 Å². The lowest BCUT2D eigenvalue weighted by molar-refractivity contribution is 0.101. The van der Waals surface area contributed by atoms with Crippen LogP contribution in [0.25, 0.3) is 0 Å². The minimum absolute atomic E-state index is 0.147. The summed E-state index contributed by atoms with van der Waals surface area (Å²) in [4.78, 5) is 16.2. The van der Waals surface area contributed by atoms with E-state index in [1.807, 2.05) is 0 Å². The molecule has 0 spiro atoms. The van der Waals surface area contributed by atoms with Crippen molar-refractivity contribution >= 4 is 15.8 Å². The first-order chi connectivity index (χ1) is 12.9. The summed E-state index contributed by atoms with van der Waals surface area (Å²) in [6.45, 7) is 2.34. The topological polar surface area (TPSA) is 93.4 Å². The summed E-state index contributed by atoms with van der Waals surface area (Å²) in [5, 5.41) is 4.04. The molecule has 2 fully saturated rings. The van der Waals surface area contributed by atoms with Crippen LogP contribution < -0.4 is 0 Å². The smallest absolute Gasteiger partial charge is 0.243 e. The van der Waals surface area contributed by atoms with Crippen molar-refractivity contribution in [1.82, 2.24) is 14.4 Å². The van der Waals surface area contributed by atoms with Gasteiger partial charge in [-0.1, -0.05) is 17.3 Å². The Labute approximate surface area is 158 Å². The molecule has 0 bridgehead atoms. The zero-order valence-corrected chi connectivity index (χ0v) is 16.1. The molecule has 27 heavy (non-hydrogen) atoms. The highest BCUT2D eigenvalue weighted by atomic mass is 32.2. The van der Waals surface area contributed by atoms with Crippen LogP contribution in [0.4, 0.5) is 0 Å². The number of aromatic nitrogens is 2. The molecule has 1 aliphatic heterocycles. The minimum atomic E-state index is -3.63. The van der Waals surface area contributed by atoms with Crippen LogP contribution in [0.3, 0.4) is 0 Å². The molecule has 0 radical (unpaired) electrons. The number of benzene rings is 1. The largest absolute Gasteiger partial charge is 0.339 e. The van der Waals surface area contributed by atoms with Crippen LogP contribution >= 0.6 is 0 Å². The maximum absolute atomic E-state index is 13.0. The summed E-state index contributed by atoms with van der Waals surface area (Å²) in [7, 11) is -3.63. The molecule has 4 rings (SSSR count). The minimum Gasteiger partial charge on any atom is -0.339 e. The van der Waals surface area contributed by atoms with Crippen molar-refractivity contribution in [2.45, 2.75) is 49.8 Å². The van der Waals surface area contributed by atoms with Gasteiger partial charge in [0.15, 0.2) is 11.6 Å². The number of hydrogen-bond acceptors (Lipinski definition) is 6. The summed E-state index contributed by atoms with van der Waals surface area (Å²) in [6.07, 6.45) is 4.56. The molecule has 1 saturated heterocycles. The first kappa shape index (κ1) is 18.3. The van der Waals surface area contributed by atoms with Crippen LogP contribution in [0.1, 0.15) is 60.6 Å². The van der Waals surface area contributed by atoms with Crippen LogP contribution in [0.5, 0.6) is 0 Å². The molecule has 8 heteroatoms. The number of sulfonamides is 1. The molecule has 0 amide bonds. The SMILES string of the molecule is CC(=O)c1cccc(S(=O)(=O)N2CCC[C@@H](Cc3nc(C4CC4)no3)C2)c1. The molecule has 1 aliphatic carbocycles. The van der Waals surface area contributed by atoms with Gasteiger partial charge in [-0.15, -0.1) is 0 Å². The van der Waals surface area contributed by atoms with Crippen molar-refractivity contribution in [1.29, 1.82) is 0 Å². The van der Waals surface area contributed by atoms with E-state index in [1.165, 1.54) is 17.3 Å². The normalized spacial score (nSPS) is 21.3. The summed E-state index contributed by atoms with van der Waals surface area (Å²) >= 11 is 0. The quantitative estimate of drug-likeness (QED) is 0.705. The van der Waals surface area contributed by atoms with E-state index < -0.39 is 10.0 Å². The van der Waals surface area contributed by atoms with Gasteiger partial charge in [0.05, 0.1) is 4.90 Å². The van der Waals surface area contributed by atoms with E-state index in [0.717, 1.165) is 31.5 Å². The Hall–Kier alpha value is -2.06. The van der Waals surface area contributed by atoms with E-state index in [2.05, 4.69) is 10.1 Å². The standard InChI is InChI=1S/C19H23N3O4S/c1-13(23)16-5-2-6-17(11-16)27(24,25)22-9-3-4-14(12-22)10-18-20-19(21-26-18)15-7-8-15/h2,5-6,11,14-15H,3-4,7-10,12H2,1H3/t14-/m0/s1. The van der Waals surface area contributed by atoms with Gasteiger partial charge in [0.25, 0.3) is 0 Å². The number of nitrogens with zero attached hydrogens (tertiary/aromatic N) is 3. The fraction of sp³-hybridized carbons (Fsp3) is 0.526. The molecular formula is C19H23N3O4S. The Morgan fingerprint density at radius 2 is 2.11 bits per heavy atom. The average Bonchev–Trinajstić information content (AvgIpc) is 3.42.